The molecular formula is C15H20N4O. The molecule has 0 aliphatic carbocycles. The van der Waals surface area contributed by atoms with Crippen molar-refractivity contribution in [1.29, 1.82) is 0 Å². The number of pyridine rings is 1. The fourth-order valence-corrected chi connectivity index (χ4v) is 2.21. The van der Waals surface area contributed by atoms with Gasteiger partial charge in [-0.2, -0.15) is 0 Å². The number of rotatable bonds is 6. The van der Waals surface area contributed by atoms with E-state index in [1.165, 1.54) is 10.9 Å². The predicted molar refractivity (Wildman–Crippen MR) is 80.7 cm³/mol. The largest absolute Gasteiger partial charge is 0.409 e. The maximum Gasteiger partial charge on any atom is 0.140 e. The van der Waals surface area contributed by atoms with Crippen molar-refractivity contribution < 1.29 is 5.21 Å². The molecule has 20 heavy (non-hydrogen) atoms. The van der Waals surface area contributed by atoms with Gasteiger partial charge in [-0.3, -0.25) is 9.88 Å². The normalized spacial score (nSPS) is 12.2. The van der Waals surface area contributed by atoms with Crippen molar-refractivity contribution in [2.45, 2.75) is 19.9 Å². The molecule has 0 atom stereocenters. The van der Waals surface area contributed by atoms with Crippen molar-refractivity contribution in [3.8, 4) is 0 Å². The molecule has 0 aliphatic heterocycles. The minimum atomic E-state index is 0.267. The Morgan fingerprint density at radius 3 is 2.90 bits per heavy atom. The Labute approximate surface area is 118 Å². The van der Waals surface area contributed by atoms with Gasteiger partial charge in [0.05, 0.1) is 5.52 Å². The summed E-state index contributed by atoms with van der Waals surface area (Å²) in [7, 11) is 0. The molecule has 0 bridgehead atoms. The SMILES string of the molecule is CCN(CCC(N)=NO)Cc1ccnc2ccccc12. The van der Waals surface area contributed by atoms with Crippen LogP contribution in [0.5, 0.6) is 0 Å². The van der Waals surface area contributed by atoms with Crippen LogP contribution < -0.4 is 5.73 Å². The van der Waals surface area contributed by atoms with Gasteiger partial charge in [0.2, 0.25) is 0 Å². The summed E-state index contributed by atoms with van der Waals surface area (Å²) >= 11 is 0. The van der Waals surface area contributed by atoms with Crippen molar-refractivity contribution in [1.82, 2.24) is 9.88 Å². The summed E-state index contributed by atoms with van der Waals surface area (Å²) < 4.78 is 0. The number of fused-ring (bicyclic) bond motifs is 1. The lowest BCUT2D eigenvalue weighted by Crippen LogP contribution is -2.28. The van der Waals surface area contributed by atoms with Gasteiger partial charge in [-0.25, -0.2) is 0 Å². The summed E-state index contributed by atoms with van der Waals surface area (Å²) in [5.41, 5.74) is 7.78. The quantitative estimate of drug-likeness (QED) is 0.366. The minimum absolute atomic E-state index is 0.267. The molecule has 1 heterocycles. The molecular weight excluding hydrogens is 252 g/mol. The van der Waals surface area contributed by atoms with Gasteiger partial charge in [0, 0.05) is 31.1 Å². The number of nitrogens with two attached hydrogens (primary N) is 1. The smallest absolute Gasteiger partial charge is 0.140 e. The molecule has 0 radical (unpaired) electrons. The number of amidine groups is 1. The summed E-state index contributed by atoms with van der Waals surface area (Å²) in [6.45, 7) is 4.62. The van der Waals surface area contributed by atoms with Gasteiger partial charge in [0.25, 0.3) is 0 Å². The molecule has 0 saturated heterocycles. The van der Waals surface area contributed by atoms with Crippen molar-refractivity contribution in [3.63, 3.8) is 0 Å². The molecule has 0 saturated carbocycles. The van der Waals surface area contributed by atoms with Crippen LogP contribution in [0.3, 0.4) is 0 Å². The van der Waals surface area contributed by atoms with Gasteiger partial charge >= 0.3 is 0 Å². The van der Waals surface area contributed by atoms with Crippen LogP contribution in [0.25, 0.3) is 10.9 Å². The molecule has 5 nitrogen and oxygen atoms in total. The summed E-state index contributed by atoms with van der Waals surface area (Å²) in [6, 6.07) is 10.2. The standard InChI is InChI=1S/C15H20N4O/c1-2-19(10-8-15(16)18-20)11-12-7-9-17-14-6-4-3-5-13(12)14/h3-7,9,20H,2,8,10-11H2,1H3,(H2,16,18). The second-order valence-electron chi connectivity index (χ2n) is 4.70. The lowest BCUT2D eigenvalue weighted by molar-refractivity contribution is 0.284. The molecule has 3 N–H and O–H groups in total. The zero-order valence-electron chi connectivity index (χ0n) is 11.7. The van der Waals surface area contributed by atoms with Gasteiger partial charge in [0.15, 0.2) is 0 Å². The first-order valence-electron chi connectivity index (χ1n) is 6.76. The number of aromatic nitrogens is 1. The van der Waals surface area contributed by atoms with E-state index < -0.39 is 0 Å². The maximum absolute atomic E-state index is 8.59. The topological polar surface area (TPSA) is 74.7 Å². The van der Waals surface area contributed by atoms with Crippen LogP contribution in [0, 0.1) is 0 Å². The van der Waals surface area contributed by atoms with E-state index in [1.807, 2.05) is 24.4 Å². The number of hydrogen-bond donors (Lipinski definition) is 2. The molecule has 5 heteroatoms. The average molecular weight is 272 g/mol. The summed E-state index contributed by atoms with van der Waals surface area (Å²) in [5, 5.41) is 12.8. The van der Waals surface area contributed by atoms with Gasteiger partial charge < -0.3 is 10.9 Å². The van der Waals surface area contributed by atoms with E-state index in [4.69, 9.17) is 10.9 Å². The molecule has 106 valence electrons. The van der Waals surface area contributed by atoms with Gasteiger partial charge in [-0.05, 0) is 24.2 Å². The Hall–Kier alpha value is -2.14. The Kier molecular flexibility index (Phi) is 4.90. The van der Waals surface area contributed by atoms with Crippen LogP contribution in [0.2, 0.25) is 0 Å². The zero-order valence-corrected chi connectivity index (χ0v) is 11.7. The summed E-state index contributed by atoms with van der Waals surface area (Å²) in [6.07, 6.45) is 2.41. The fourth-order valence-electron chi connectivity index (χ4n) is 2.21. The number of oxime groups is 1. The first-order valence-corrected chi connectivity index (χ1v) is 6.76. The summed E-state index contributed by atoms with van der Waals surface area (Å²) in [5.74, 6) is 0.267. The Balaban J connectivity index is 2.13. The van der Waals surface area contributed by atoms with Gasteiger partial charge in [-0.1, -0.05) is 30.3 Å². The highest BCUT2D eigenvalue weighted by atomic mass is 16.4. The van der Waals surface area contributed by atoms with Crippen LogP contribution in [0.1, 0.15) is 18.9 Å². The Morgan fingerprint density at radius 2 is 2.15 bits per heavy atom. The van der Waals surface area contributed by atoms with Crippen LogP contribution in [-0.4, -0.2) is 34.0 Å². The van der Waals surface area contributed by atoms with E-state index in [0.29, 0.717) is 6.42 Å². The highest BCUT2D eigenvalue weighted by Gasteiger charge is 2.08. The van der Waals surface area contributed by atoms with E-state index in [1.54, 1.807) is 0 Å². The fraction of sp³-hybridized carbons (Fsp3) is 0.333. The zero-order chi connectivity index (χ0) is 14.4. The second-order valence-corrected chi connectivity index (χ2v) is 4.70. The Morgan fingerprint density at radius 1 is 1.35 bits per heavy atom. The van der Waals surface area contributed by atoms with E-state index in [-0.39, 0.29) is 5.84 Å². The first-order chi connectivity index (χ1) is 9.74. The molecule has 0 amide bonds. The maximum atomic E-state index is 8.59. The van der Waals surface area contributed by atoms with Crippen molar-refractivity contribution in [2.24, 2.45) is 10.9 Å². The Bertz CT molecular complexity index is 592. The van der Waals surface area contributed by atoms with E-state index >= 15 is 0 Å². The molecule has 0 unspecified atom stereocenters. The molecule has 1 aromatic carbocycles. The molecule has 2 aromatic rings. The number of benzene rings is 1. The number of hydrogen-bond acceptors (Lipinski definition) is 4. The molecule has 0 spiro atoms. The van der Waals surface area contributed by atoms with Crippen molar-refractivity contribution in [3.05, 3.63) is 42.1 Å². The van der Waals surface area contributed by atoms with E-state index in [0.717, 1.165) is 25.2 Å². The van der Waals surface area contributed by atoms with E-state index in [2.05, 4.69) is 34.1 Å². The first kappa shape index (κ1) is 14.3. The third-order valence-electron chi connectivity index (χ3n) is 3.39. The minimum Gasteiger partial charge on any atom is -0.409 e. The molecule has 1 aromatic heterocycles. The van der Waals surface area contributed by atoms with Crippen molar-refractivity contribution in [2.75, 3.05) is 13.1 Å². The number of para-hydroxylation sites is 1. The third kappa shape index (κ3) is 3.45. The van der Waals surface area contributed by atoms with Gasteiger partial charge in [-0.15, -0.1) is 0 Å². The second kappa shape index (κ2) is 6.86. The molecule has 0 aliphatic rings. The van der Waals surface area contributed by atoms with E-state index in [9.17, 15) is 0 Å². The highest BCUT2D eigenvalue weighted by molar-refractivity contribution is 5.82. The number of nitrogens with zero attached hydrogens (tertiary/aromatic N) is 3. The third-order valence-corrected chi connectivity index (χ3v) is 3.39. The lowest BCUT2D eigenvalue weighted by Gasteiger charge is -2.20. The summed E-state index contributed by atoms with van der Waals surface area (Å²) in [4.78, 5) is 6.64. The average Bonchev–Trinajstić information content (AvgIpc) is 2.51. The van der Waals surface area contributed by atoms with Crippen molar-refractivity contribution >= 4 is 16.7 Å². The van der Waals surface area contributed by atoms with Crippen LogP contribution in [0.15, 0.2) is 41.7 Å². The predicted octanol–water partition coefficient (Wildman–Crippen LogP) is 2.19. The van der Waals surface area contributed by atoms with Crippen LogP contribution >= 0.6 is 0 Å². The lowest BCUT2D eigenvalue weighted by atomic mass is 10.1. The van der Waals surface area contributed by atoms with Crippen LogP contribution in [0.4, 0.5) is 0 Å². The highest BCUT2D eigenvalue weighted by Crippen LogP contribution is 2.17. The monoisotopic (exact) mass is 272 g/mol. The van der Waals surface area contributed by atoms with Crippen LogP contribution in [-0.2, 0) is 6.54 Å². The van der Waals surface area contributed by atoms with Gasteiger partial charge in [0.1, 0.15) is 5.84 Å². The molecule has 2 rings (SSSR count). The molecule has 0 fully saturated rings.